The monoisotopic (exact) mass is 638 g/mol. The van der Waals surface area contributed by atoms with Gasteiger partial charge in [0.2, 0.25) is 0 Å². The first-order valence-electron chi connectivity index (χ1n) is 16.6. The number of para-hydroxylation sites is 2. The minimum atomic E-state index is 0.439. The van der Waals surface area contributed by atoms with Gasteiger partial charge >= 0.3 is 0 Å². The van der Waals surface area contributed by atoms with Crippen molar-refractivity contribution in [3.05, 3.63) is 163 Å². The number of fused-ring (bicyclic) bond motifs is 7. The van der Waals surface area contributed by atoms with Crippen molar-refractivity contribution in [1.82, 2.24) is 14.5 Å². The van der Waals surface area contributed by atoms with Gasteiger partial charge in [0.05, 0.1) is 22.4 Å². The summed E-state index contributed by atoms with van der Waals surface area (Å²) >= 11 is 0. The third-order valence-electron chi connectivity index (χ3n) is 9.63. The van der Waals surface area contributed by atoms with Crippen molar-refractivity contribution in [3.8, 4) is 45.7 Å². The lowest BCUT2D eigenvalue weighted by Gasteiger charge is -2.13. The van der Waals surface area contributed by atoms with Crippen LogP contribution < -0.4 is 0 Å². The van der Waals surface area contributed by atoms with E-state index in [-0.39, 0.29) is 0 Å². The molecule has 0 amide bonds. The van der Waals surface area contributed by atoms with Crippen molar-refractivity contribution < 1.29 is 4.42 Å². The van der Waals surface area contributed by atoms with Gasteiger partial charge in [0.25, 0.3) is 0 Å². The van der Waals surface area contributed by atoms with Crippen molar-refractivity contribution in [2.24, 2.45) is 0 Å². The highest BCUT2D eigenvalue weighted by Crippen LogP contribution is 2.41. The smallest absolute Gasteiger partial charge is 0.160 e. The highest BCUT2D eigenvalue weighted by molar-refractivity contribution is 6.18. The van der Waals surface area contributed by atoms with E-state index >= 15 is 0 Å². The number of hydrogen-bond acceptors (Lipinski definition) is 4. The molecule has 232 valence electrons. The number of nitriles is 1. The maximum atomic E-state index is 10.8. The molecule has 0 atom stereocenters. The topological polar surface area (TPSA) is 67.6 Å². The second-order valence-corrected chi connectivity index (χ2v) is 12.5. The average Bonchev–Trinajstić information content (AvgIpc) is 3.71. The molecule has 0 aliphatic carbocycles. The summed E-state index contributed by atoms with van der Waals surface area (Å²) < 4.78 is 8.62. The Morgan fingerprint density at radius 2 is 1.14 bits per heavy atom. The molecule has 10 aromatic rings. The largest absolute Gasteiger partial charge is 0.456 e. The summed E-state index contributed by atoms with van der Waals surface area (Å²) in [6, 6.07) is 56.2. The summed E-state index contributed by atoms with van der Waals surface area (Å²) in [7, 11) is 0. The Balaban J connectivity index is 1.27. The second kappa shape index (κ2) is 11.0. The molecule has 0 saturated heterocycles. The molecule has 0 bridgehead atoms. The van der Waals surface area contributed by atoms with Crippen molar-refractivity contribution >= 4 is 54.5 Å². The van der Waals surface area contributed by atoms with Gasteiger partial charge in [0.1, 0.15) is 22.8 Å². The number of hydrogen-bond donors (Lipinski definition) is 0. The van der Waals surface area contributed by atoms with E-state index in [1.165, 1.54) is 0 Å². The molecule has 10 rings (SSSR count). The lowest BCUT2D eigenvalue weighted by molar-refractivity contribution is 0.669. The summed E-state index contributed by atoms with van der Waals surface area (Å²) in [6.45, 7) is 0. The first-order chi connectivity index (χ1) is 24.7. The highest BCUT2D eigenvalue weighted by Gasteiger charge is 2.22. The van der Waals surface area contributed by atoms with Crippen molar-refractivity contribution in [3.63, 3.8) is 0 Å². The quantitative estimate of drug-likeness (QED) is 0.192. The molecule has 0 fully saturated rings. The highest BCUT2D eigenvalue weighted by atomic mass is 16.3. The van der Waals surface area contributed by atoms with Crippen LogP contribution in [-0.2, 0) is 0 Å². The fourth-order valence-electron chi connectivity index (χ4n) is 7.28. The number of rotatable bonds is 4. The lowest BCUT2D eigenvalue weighted by Crippen LogP contribution is -2.01. The van der Waals surface area contributed by atoms with Gasteiger partial charge in [-0.3, -0.25) is 0 Å². The maximum Gasteiger partial charge on any atom is 0.160 e. The SMILES string of the molecule is N#Cc1c(-c2ccc3ccccc3c2)nc(-c2ccccc2)nc1-c1ccc2c(c1)c1cc3c(cc1n2-c1ccccc1)oc1ccccc13. The molecule has 0 saturated carbocycles. The standard InChI is InChI=1S/C45H26N4O/c46-27-38-43(31-20-19-28-11-7-8-14-30(28)23-31)47-45(29-12-3-1-4-13-29)48-44(38)32-21-22-39-35(24-32)36-25-37-34-17-9-10-18-41(34)50-42(37)26-40(36)49(39)33-15-5-2-6-16-33/h1-26H. The Kier molecular flexibility index (Phi) is 6.17. The van der Waals surface area contributed by atoms with Crippen LogP contribution >= 0.6 is 0 Å². The fourth-order valence-corrected chi connectivity index (χ4v) is 7.28. The first kappa shape index (κ1) is 28.0. The number of furan rings is 1. The Morgan fingerprint density at radius 1 is 0.480 bits per heavy atom. The second-order valence-electron chi connectivity index (χ2n) is 12.5. The van der Waals surface area contributed by atoms with Gasteiger partial charge in [-0.1, -0.05) is 109 Å². The van der Waals surface area contributed by atoms with Crippen LogP contribution in [-0.4, -0.2) is 14.5 Å². The minimum absolute atomic E-state index is 0.439. The lowest BCUT2D eigenvalue weighted by atomic mass is 9.97. The predicted molar refractivity (Wildman–Crippen MR) is 202 cm³/mol. The molecule has 5 nitrogen and oxygen atoms in total. The van der Waals surface area contributed by atoms with E-state index < -0.39 is 0 Å². The van der Waals surface area contributed by atoms with Gasteiger partial charge < -0.3 is 8.98 Å². The molecule has 0 N–H and O–H groups in total. The van der Waals surface area contributed by atoms with Gasteiger partial charge in [-0.15, -0.1) is 0 Å². The van der Waals surface area contributed by atoms with Gasteiger partial charge in [0, 0.05) is 50.0 Å². The van der Waals surface area contributed by atoms with Crippen LogP contribution in [0.5, 0.6) is 0 Å². The molecule has 5 heteroatoms. The van der Waals surface area contributed by atoms with Gasteiger partial charge in [-0.05, 0) is 53.2 Å². The zero-order valence-electron chi connectivity index (χ0n) is 26.7. The number of nitrogens with zero attached hydrogens (tertiary/aromatic N) is 4. The van der Waals surface area contributed by atoms with Crippen LogP contribution in [0.4, 0.5) is 0 Å². The van der Waals surface area contributed by atoms with Crippen LogP contribution in [0.15, 0.2) is 162 Å². The summed E-state index contributed by atoms with van der Waals surface area (Å²) in [4.78, 5) is 10.2. The van der Waals surface area contributed by atoms with E-state index in [2.05, 4.69) is 95.6 Å². The number of aromatic nitrogens is 3. The average molecular weight is 639 g/mol. The maximum absolute atomic E-state index is 10.8. The normalized spacial score (nSPS) is 11.6. The minimum Gasteiger partial charge on any atom is -0.456 e. The molecular weight excluding hydrogens is 613 g/mol. The zero-order chi connectivity index (χ0) is 33.2. The molecule has 0 aliphatic rings. The molecule has 0 aliphatic heterocycles. The van der Waals surface area contributed by atoms with E-state index in [1.807, 2.05) is 72.8 Å². The number of benzene rings is 7. The molecule has 7 aromatic carbocycles. The van der Waals surface area contributed by atoms with Crippen molar-refractivity contribution in [2.75, 3.05) is 0 Å². The Morgan fingerprint density at radius 3 is 1.94 bits per heavy atom. The Bertz CT molecular complexity index is 2990. The summed E-state index contributed by atoms with van der Waals surface area (Å²) in [5.74, 6) is 0.571. The van der Waals surface area contributed by atoms with Crippen molar-refractivity contribution in [1.29, 1.82) is 5.26 Å². The zero-order valence-corrected chi connectivity index (χ0v) is 26.7. The fraction of sp³-hybridized carbons (Fsp3) is 0. The van der Waals surface area contributed by atoms with Crippen LogP contribution in [0.2, 0.25) is 0 Å². The molecule has 50 heavy (non-hydrogen) atoms. The Labute approximate surface area is 286 Å². The summed E-state index contributed by atoms with van der Waals surface area (Å²) in [6.07, 6.45) is 0. The molecule has 3 heterocycles. The van der Waals surface area contributed by atoms with E-state index in [4.69, 9.17) is 14.4 Å². The summed E-state index contributed by atoms with van der Waals surface area (Å²) in [5.41, 5.74) is 9.11. The van der Waals surface area contributed by atoms with Gasteiger partial charge in [-0.25, -0.2) is 9.97 Å². The van der Waals surface area contributed by atoms with Gasteiger partial charge in [0.15, 0.2) is 5.82 Å². The molecule has 0 spiro atoms. The Hall–Kier alpha value is -7.03. The van der Waals surface area contributed by atoms with E-state index in [1.54, 1.807) is 0 Å². The van der Waals surface area contributed by atoms with Crippen LogP contribution in [0.3, 0.4) is 0 Å². The molecular formula is C45H26N4O. The molecule has 0 unspecified atom stereocenters. The molecule has 0 radical (unpaired) electrons. The van der Waals surface area contributed by atoms with E-state index in [0.717, 1.165) is 76.9 Å². The van der Waals surface area contributed by atoms with Crippen LogP contribution in [0, 0.1) is 11.3 Å². The van der Waals surface area contributed by atoms with Gasteiger partial charge in [-0.2, -0.15) is 5.26 Å². The van der Waals surface area contributed by atoms with E-state index in [9.17, 15) is 5.26 Å². The molecule has 3 aromatic heterocycles. The van der Waals surface area contributed by atoms with E-state index in [0.29, 0.717) is 22.8 Å². The third-order valence-corrected chi connectivity index (χ3v) is 9.63. The van der Waals surface area contributed by atoms with Crippen LogP contribution in [0.25, 0.3) is 94.1 Å². The first-order valence-corrected chi connectivity index (χ1v) is 16.6. The predicted octanol–water partition coefficient (Wildman–Crippen LogP) is 11.5. The van der Waals surface area contributed by atoms with Crippen LogP contribution in [0.1, 0.15) is 5.56 Å². The summed E-state index contributed by atoms with van der Waals surface area (Å²) in [5, 5.41) is 17.3. The van der Waals surface area contributed by atoms with Crippen molar-refractivity contribution in [2.45, 2.75) is 0 Å². The third kappa shape index (κ3) is 4.33.